The Balaban J connectivity index is 2.26. The molecule has 1 aromatic rings. The summed E-state index contributed by atoms with van der Waals surface area (Å²) in [4.78, 5) is 23.6. The molecule has 1 saturated heterocycles. The molecular weight excluding hydrogens is 274 g/mol. The van der Waals surface area contributed by atoms with Gasteiger partial charge in [-0.1, -0.05) is 12.1 Å². The van der Waals surface area contributed by atoms with E-state index in [1.165, 1.54) is 20.0 Å². The molecule has 0 radical (unpaired) electrons. The normalized spacial score (nSPS) is 16.9. The van der Waals surface area contributed by atoms with Crippen molar-refractivity contribution < 1.29 is 23.8 Å². The molecular formula is C15H17NO5. The van der Waals surface area contributed by atoms with E-state index in [0.717, 1.165) is 5.56 Å². The van der Waals surface area contributed by atoms with Crippen LogP contribution in [-0.4, -0.2) is 24.8 Å². The number of nitrogens with one attached hydrogen (secondary N) is 1. The van der Waals surface area contributed by atoms with Crippen molar-refractivity contribution in [3.63, 3.8) is 0 Å². The van der Waals surface area contributed by atoms with E-state index in [9.17, 15) is 9.59 Å². The molecule has 1 aliphatic rings. The molecule has 0 saturated carbocycles. The average Bonchev–Trinajstić information content (AvgIpc) is 2.37. The van der Waals surface area contributed by atoms with Crippen molar-refractivity contribution in [2.75, 3.05) is 12.4 Å². The lowest BCUT2D eigenvalue weighted by Gasteiger charge is -2.29. The van der Waals surface area contributed by atoms with Crippen LogP contribution in [0.5, 0.6) is 5.75 Å². The molecule has 1 aromatic carbocycles. The van der Waals surface area contributed by atoms with E-state index in [1.54, 1.807) is 13.2 Å². The fraction of sp³-hybridized carbons (Fsp3) is 0.333. The van der Waals surface area contributed by atoms with Gasteiger partial charge in [-0.3, -0.25) is 0 Å². The maximum atomic E-state index is 11.8. The Bertz CT molecular complexity index is 596. The number of hydrogen-bond donors (Lipinski definition) is 1. The summed E-state index contributed by atoms with van der Waals surface area (Å²) in [5.41, 5.74) is 1.38. The molecule has 0 spiro atoms. The molecule has 1 fully saturated rings. The molecule has 0 atom stereocenters. The maximum absolute atomic E-state index is 11.8. The van der Waals surface area contributed by atoms with E-state index in [1.807, 2.05) is 19.1 Å². The average molecular weight is 291 g/mol. The lowest BCUT2D eigenvalue weighted by atomic mass is 10.1. The van der Waals surface area contributed by atoms with Crippen LogP contribution in [-0.2, 0) is 19.1 Å². The summed E-state index contributed by atoms with van der Waals surface area (Å²) in [6.07, 6.45) is 1.27. The number of hydrogen-bond acceptors (Lipinski definition) is 6. The van der Waals surface area contributed by atoms with Crippen molar-refractivity contribution in [3.8, 4) is 5.75 Å². The van der Waals surface area contributed by atoms with Crippen LogP contribution in [0, 0.1) is 6.92 Å². The van der Waals surface area contributed by atoms with Gasteiger partial charge in [0.15, 0.2) is 5.57 Å². The zero-order chi connectivity index (χ0) is 15.6. The van der Waals surface area contributed by atoms with E-state index in [4.69, 9.17) is 14.2 Å². The van der Waals surface area contributed by atoms with Gasteiger partial charge in [-0.05, 0) is 18.6 Å². The Morgan fingerprint density at radius 1 is 1.19 bits per heavy atom. The highest BCUT2D eigenvalue weighted by Gasteiger charge is 2.38. The van der Waals surface area contributed by atoms with Gasteiger partial charge in [0.2, 0.25) is 0 Å². The largest absolute Gasteiger partial charge is 0.495 e. The highest BCUT2D eigenvalue weighted by Crippen LogP contribution is 2.28. The van der Waals surface area contributed by atoms with Crippen molar-refractivity contribution in [3.05, 3.63) is 35.5 Å². The summed E-state index contributed by atoms with van der Waals surface area (Å²) in [5.74, 6) is -2.09. The van der Waals surface area contributed by atoms with Crippen LogP contribution in [0.1, 0.15) is 19.4 Å². The third-order valence-electron chi connectivity index (χ3n) is 2.93. The van der Waals surface area contributed by atoms with Crippen LogP contribution in [0.2, 0.25) is 0 Å². The van der Waals surface area contributed by atoms with Gasteiger partial charge < -0.3 is 19.5 Å². The van der Waals surface area contributed by atoms with Gasteiger partial charge in [0.25, 0.3) is 5.79 Å². The van der Waals surface area contributed by atoms with E-state index in [0.29, 0.717) is 11.4 Å². The van der Waals surface area contributed by atoms with Crippen LogP contribution in [0.3, 0.4) is 0 Å². The number of esters is 2. The number of rotatable bonds is 3. The highest BCUT2D eigenvalue weighted by molar-refractivity contribution is 6.15. The van der Waals surface area contributed by atoms with Crippen LogP contribution in [0.25, 0.3) is 0 Å². The molecule has 1 N–H and O–H groups in total. The Morgan fingerprint density at radius 3 is 2.38 bits per heavy atom. The first-order valence-corrected chi connectivity index (χ1v) is 6.41. The van der Waals surface area contributed by atoms with Crippen LogP contribution in [0.15, 0.2) is 30.0 Å². The smallest absolute Gasteiger partial charge is 0.350 e. The zero-order valence-electron chi connectivity index (χ0n) is 12.4. The SMILES string of the molecule is COc1cccc(C)c1NC=C1C(=O)OC(C)(C)OC1=O. The lowest BCUT2D eigenvalue weighted by molar-refractivity contribution is -0.222. The van der Waals surface area contributed by atoms with Crippen molar-refractivity contribution in [2.45, 2.75) is 26.6 Å². The van der Waals surface area contributed by atoms with Gasteiger partial charge in [0.1, 0.15) is 5.75 Å². The molecule has 0 aromatic heterocycles. The number of carbonyl (C=O) groups is 2. The Kier molecular flexibility index (Phi) is 3.88. The van der Waals surface area contributed by atoms with Gasteiger partial charge >= 0.3 is 11.9 Å². The summed E-state index contributed by atoms with van der Waals surface area (Å²) < 4.78 is 15.2. The van der Waals surface area contributed by atoms with Gasteiger partial charge in [-0.15, -0.1) is 0 Å². The third kappa shape index (κ3) is 3.16. The van der Waals surface area contributed by atoms with Crippen molar-refractivity contribution in [1.29, 1.82) is 0 Å². The van der Waals surface area contributed by atoms with E-state index in [2.05, 4.69) is 5.32 Å². The van der Waals surface area contributed by atoms with E-state index >= 15 is 0 Å². The predicted octanol–water partition coefficient (Wildman–Crippen LogP) is 2.14. The minimum Gasteiger partial charge on any atom is -0.495 e. The molecule has 0 unspecified atom stereocenters. The highest BCUT2D eigenvalue weighted by atomic mass is 16.7. The van der Waals surface area contributed by atoms with Crippen LogP contribution >= 0.6 is 0 Å². The lowest BCUT2D eigenvalue weighted by Crippen LogP contribution is -2.42. The second kappa shape index (κ2) is 5.47. The number of para-hydroxylation sites is 1. The van der Waals surface area contributed by atoms with Gasteiger partial charge in [0.05, 0.1) is 12.8 Å². The predicted molar refractivity (Wildman–Crippen MR) is 75.7 cm³/mol. The molecule has 0 amide bonds. The summed E-state index contributed by atoms with van der Waals surface area (Å²) in [6.45, 7) is 4.87. The molecule has 0 bridgehead atoms. The number of carbonyl (C=O) groups excluding carboxylic acids is 2. The fourth-order valence-corrected chi connectivity index (χ4v) is 1.92. The molecule has 21 heavy (non-hydrogen) atoms. The summed E-state index contributed by atoms with van der Waals surface area (Å²) >= 11 is 0. The maximum Gasteiger partial charge on any atom is 0.350 e. The first kappa shape index (κ1) is 14.9. The minimum atomic E-state index is -1.24. The number of benzene rings is 1. The molecule has 2 rings (SSSR count). The second-order valence-corrected chi connectivity index (χ2v) is 5.03. The van der Waals surface area contributed by atoms with Gasteiger partial charge in [-0.2, -0.15) is 0 Å². The number of anilines is 1. The summed E-state index contributed by atoms with van der Waals surface area (Å²) in [6, 6.07) is 5.50. The Hall–Kier alpha value is -2.50. The molecule has 1 aliphatic heterocycles. The number of methoxy groups -OCH3 is 1. The van der Waals surface area contributed by atoms with Crippen LogP contribution in [0.4, 0.5) is 5.69 Å². The first-order chi connectivity index (χ1) is 9.84. The van der Waals surface area contributed by atoms with Crippen molar-refractivity contribution in [2.24, 2.45) is 0 Å². The molecule has 6 nitrogen and oxygen atoms in total. The van der Waals surface area contributed by atoms with Crippen molar-refractivity contribution in [1.82, 2.24) is 0 Å². The molecule has 6 heteroatoms. The van der Waals surface area contributed by atoms with Crippen LogP contribution < -0.4 is 10.1 Å². The second-order valence-electron chi connectivity index (χ2n) is 5.03. The topological polar surface area (TPSA) is 73.9 Å². The molecule has 0 aliphatic carbocycles. The third-order valence-corrected chi connectivity index (χ3v) is 2.93. The van der Waals surface area contributed by atoms with Gasteiger partial charge in [-0.25, -0.2) is 9.59 Å². The number of aryl methyl sites for hydroxylation is 1. The summed E-state index contributed by atoms with van der Waals surface area (Å²) in [5, 5.41) is 2.90. The number of cyclic esters (lactones) is 2. The Morgan fingerprint density at radius 2 is 1.81 bits per heavy atom. The van der Waals surface area contributed by atoms with Crippen molar-refractivity contribution >= 4 is 17.6 Å². The molecule has 112 valence electrons. The summed E-state index contributed by atoms with van der Waals surface area (Å²) in [7, 11) is 1.54. The Labute approximate surface area is 122 Å². The number of ether oxygens (including phenoxy) is 3. The van der Waals surface area contributed by atoms with E-state index in [-0.39, 0.29) is 5.57 Å². The monoisotopic (exact) mass is 291 g/mol. The standard InChI is InChI=1S/C15H17NO5/c1-9-6-5-7-11(19-4)12(9)16-8-10-13(17)20-15(2,3)21-14(10)18/h5-8,16H,1-4H3. The van der Waals surface area contributed by atoms with E-state index < -0.39 is 17.7 Å². The minimum absolute atomic E-state index is 0.195. The molecule has 1 heterocycles. The zero-order valence-corrected chi connectivity index (χ0v) is 12.4. The quantitative estimate of drug-likeness (QED) is 0.522. The fourth-order valence-electron chi connectivity index (χ4n) is 1.92. The first-order valence-electron chi connectivity index (χ1n) is 6.41. The van der Waals surface area contributed by atoms with Gasteiger partial charge in [0, 0.05) is 20.0 Å².